The zero-order chi connectivity index (χ0) is 25.0. The van der Waals surface area contributed by atoms with Crippen LogP contribution in [0.4, 0.5) is 5.69 Å². The molecule has 0 unspecified atom stereocenters. The van der Waals surface area contributed by atoms with Gasteiger partial charge in [0.2, 0.25) is 0 Å². The van der Waals surface area contributed by atoms with Crippen LogP contribution < -0.4 is 4.72 Å². The Morgan fingerprint density at radius 3 is 2.15 bits per heavy atom. The molecule has 3 aromatic rings. The van der Waals surface area contributed by atoms with E-state index < -0.39 is 27.7 Å². The molecule has 0 fully saturated rings. The Labute approximate surface area is 200 Å². The van der Waals surface area contributed by atoms with E-state index in [1.165, 1.54) is 0 Å². The second-order valence-corrected chi connectivity index (χ2v) is 11.4. The van der Waals surface area contributed by atoms with Crippen LogP contribution in [0.1, 0.15) is 49.1 Å². The van der Waals surface area contributed by atoms with Gasteiger partial charge in [-0.15, -0.1) is 0 Å². The molecule has 0 bridgehead atoms. The maximum atomic E-state index is 13.1. The van der Waals surface area contributed by atoms with E-state index in [1.54, 1.807) is 52.0 Å². The summed E-state index contributed by atoms with van der Waals surface area (Å²) < 4.78 is 34.9. The van der Waals surface area contributed by atoms with Crippen molar-refractivity contribution in [2.24, 2.45) is 0 Å². The summed E-state index contributed by atoms with van der Waals surface area (Å²) in [5.41, 5.74) is 5.44. The summed E-state index contributed by atoms with van der Waals surface area (Å²) in [6.07, 6.45) is -1.29. The molecule has 0 radical (unpaired) electrons. The van der Waals surface area contributed by atoms with Crippen molar-refractivity contribution >= 4 is 21.7 Å². The summed E-state index contributed by atoms with van der Waals surface area (Å²) >= 11 is 0. The van der Waals surface area contributed by atoms with Crippen molar-refractivity contribution in [2.45, 2.75) is 58.1 Å². The quantitative estimate of drug-likeness (QED) is 0.479. The van der Waals surface area contributed by atoms with Gasteiger partial charge in [-0.25, -0.2) is 13.2 Å². The highest BCUT2D eigenvalue weighted by atomic mass is 32.2. The average molecular weight is 480 g/mol. The van der Waals surface area contributed by atoms with E-state index in [0.717, 1.165) is 27.8 Å². The van der Waals surface area contributed by atoms with Gasteiger partial charge in [0, 0.05) is 16.7 Å². The number of aliphatic carboxylic acids is 1. The lowest BCUT2D eigenvalue weighted by molar-refractivity contribution is -0.160. The lowest BCUT2D eigenvalue weighted by atomic mass is 9.82. The van der Waals surface area contributed by atoms with Crippen LogP contribution in [0.25, 0.3) is 22.3 Å². The van der Waals surface area contributed by atoms with Gasteiger partial charge in [0.15, 0.2) is 6.10 Å². The van der Waals surface area contributed by atoms with Gasteiger partial charge in [0.05, 0.1) is 16.2 Å². The summed E-state index contributed by atoms with van der Waals surface area (Å²) in [6, 6.07) is 14.7. The van der Waals surface area contributed by atoms with Crippen LogP contribution in [0.15, 0.2) is 53.4 Å². The molecule has 178 valence electrons. The number of sulfonamides is 1. The van der Waals surface area contributed by atoms with Crippen LogP contribution >= 0.6 is 0 Å². The first-order chi connectivity index (χ1) is 15.8. The van der Waals surface area contributed by atoms with E-state index in [-0.39, 0.29) is 4.90 Å². The fourth-order valence-corrected chi connectivity index (χ4v) is 5.94. The molecular weight excluding hydrogens is 450 g/mol. The number of fused-ring (bicyclic) bond motifs is 3. The largest absolute Gasteiger partial charge is 0.479 e. The Morgan fingerprint density at radius 1 is 0.941 bits per heavy atom. The molecule has 0 aliphatic carbocycles. The van der Waals surface area contributed by atoms with Gasteiger partial charge >= 0.3 is 5.97 Å². The molecule has 0 spiro atoms. The standard InChI is InChI=1S/C27H29NO5S/c1-15-11-13-18(14-12-15)21-16(2)22-19-9-7-8-10-20(19)34(31,32)28-24(22)17(3)23(21)25(26(29)30)33-27(4,5)6/h7-14,25,28H,1-6H3,(H,29,30)/t25-/m0/s1. The van der Waals surface area contributed by atoms with Gasteiger partial charge < -0.3 is 9.84 Å². The van der Waals surface area contributed by atoms with Gasteiger partial charge in [-0.05, 0) is 69.9 Å². The molecule has 1 atom stereocenters. The summed E-state index contributed by atoms with van der Waals surface area (Å²) in [5, 5.41) is 10.2. The van der Waals surface area contributed by atoms with Crippen molar-refractivity contribution in [2.75, 3.05) is 4.72 Å². The lowest BCUT2D eigenvalue weighted by Crippen LogP contribution is -2.29. The molecule has 1 aliphatic heterocycles. The summed E-state index contributed by atoms with van der Waals surface area (Å²) in [6.45, 7) is 11.0. The van der Waals surface area contributed by atoms with Crippen molar-refractivity contribution in [1.82, 2.24) is 0 Å². The fourth-order valence-electron chi connectivity index (χ4n) is 4.59. The van der Waals surface area contributed by atoms with Gasteiger partial charge in [-0.3, -0.25) is 4.72 Å². The second kappa shape index (κ2) is 8.25. The van der Waals surface area contributed by atoms with E-state index >= 15 is 0 Å². The smallest absolute Gasteiger partial charge is 0.337 e. The Hall–Kier alpha value is -3.16. The molecule has 2 N–H and O–H groups in total. The predicted octanol–water partition coefficient (Wildman–Crippen LogP) is 6.00. The van der Waals surface area contributed by atoms with Crippen molar-refractivity contribution < 1.29 is 23.1 Å². The predicted molar refractivity (Wildman–Crippen MR) is 134 cm³/mol. The minimum atomic E-state index is -3.81. The summed E-state index contributed by atoms with van der Waals surface area (Å²) in [7, 11) is -3.81. The van der Waals surface area contributed by atoms with Gasteiger partial charge in [-0.1, -0.05) is 48.0 Å². The monoisotopic (exact) mass is 479 g/mol. The highest BCUT2D eigenvalue weighted by Gasteiger charge is 2.37. The number of ether oxygens (including phenoxy) is 1. The third-order valence-electron chi connectivity index (χ3n) is 6.03. The number of carboxylic acids is 1. The molecule has 3 aromatic carbocycles. The molecule has 34 heavy (non-hydrogen) atoms. The van der Waals surface area contributed by atoms with Crippen LogP contribution in [0.2, 0.25) is 0 Å². The first-order valence-electron chi connectivity index (χ1n) is 11.1. The van der Waals surface area contributed by atoms with E-state index in [2.05, 4.69) is 4.72 Å². The number of hydrogen-bond acceptors (Lipinski definition) is 4. The number of carboxylic acid groups (broad SMARTS) is 1. The van der Waals surface area contributed by atoms with E-state index in [9.17, 15) is 18.3 Å². The Morgan fingerprint density at radius 2 is 1.56 bits per heavy atom. The topological polar surface area (TPSA) is 92.7 Å². The molecule has 4 rings (SSSR count). The molecule has 7 heteroatoms. The van der Waals surface area contributed by atoms with Gasteiger partial charge in [0.1, 0.15) is 0 Å². The van der Waals surface area contributed by atoms with Crippen LogP contribution in [0, 0.1) is 20.8 Å². The van der Waals surface area contributed by atoms with Gasteiger partial charge in [-0.2, -0.15) is 0 Å². The number of hydrogen-bond donors (Lipinski definition) is 2. The van der Waals surface area contributed by atoms with Crippen molar-refractivity contribution in [3.8, 4) is 22.3 Å². The van der Waals surface area contributed by atoms with E-state index in [4.69, 9.17) is 4.74 Å². The van der Waals surface area contributed by atoms with E-state index in [1.807, 2.05) is 38.1 Å². The third kappa shape index (κ3) is 4.10. The number of aryl methyl sites for hydroxylation is 1. The molecule has 0 aromatic heterocycles. The zero-order valence-corrected chi connectivity index (χ0v) is 21.0. The highest BCUT2D eigenvalue weighted by Crippen LogP contribution is 2.50. The van der Waals surface area contributed by atoms with Gasteiger partial charge in [0.25, 0.3) is 10.0 Å². The van der Waals surface area contributed by atoms with E-state index in [0.29, 0.717) is 22.4 Å². The summed E-state index contributed by atoms with van der Waals surface area (Å²) in [5.74, 6) is -1.13. The molecule has 0 saturated carbocycles. The maximum Gasteiger partial charge on any atom is 0.337 e. The number of nitrogens with one attached hydrogen (secondary N) is 1. The normalized spacial score (nSPS) is 15.1. The molecular formula is C27H29NO5S. The fraction of sp³-hybridized carbons (Fsp3) is 0.296. The van der Waals surface area contributed by atoms with Crippen molar-refractivity contribution in [3.05, 3.63) is 70.8 Å². The number of benzene rings is 3. The zero-order valence-electron chi connectivity index (χ0n) is 20.2. The first-order valence-corrected chi connectivity index (χ1v) is 12.6. The van der Waals surface area contributed by atoms with Crippen molar-refractivity contribution in [1.29, 1.82) is 0 Å². The summed E-state index contributed by atoms with van der Waals surface area (Å²) in [4.78, 5) is 12.7. The van der Waals surface area contributed by atoms with Crippen LogP contribution in [-0.2, 0) is 19.6 Å². The number of rotatable bonds is 4. The lowest BCUT2D eigenvalue weighted by Gasteiger charge is -2.33. The molecule has 1 aliphatic rings. The molecule has 0 amide bonds. The van der Waals surface area contributed by atoms with Crippen molar-refractivity contribution in [3.63, 3.8) is 0 Å². The SMILES string of the molecule is Cc1ccc(-c2c(C)c3c(c(C)c2[C@H](OC(C)(C)C)C(=O)O)NS(=O)(=O)c2ccccc2-3)cc1. The minimum absolute atomic E-state index is 0.202. The Bertz CT molecular complexity index is 1400. The molecule has 1 heterocycles. The molecule has 6 nitrogen and oxygen atoms in total. The average Bonchev–Trinajstić information content (AvgIpc) is 2.74. The first kappa shape index (κ1) is 24.0. The van der Waals surface area contributed by atoms with Crippen LogP contribution in [0.5, 0.6) is 0 Å². The Kier molecular flexibility index (Phi) is 5.82. The third-order valence-corrected chi connectivity index (χ3v) is 7.44. The molecule has 0 saturated heterocycles. The minimum Gasteiger partial charge on any atom is -0.479 e. The second-order valence-electron chi connectivity index (χ2n) is 9.70. The number of carbonyl (C=O) groups is 1. The van der Waals surface area contributed by atoms with Crippen LogP contribution in [-0.4, -0.2) is 25.1 Å². The van der Waals surface area contributed by atoms with Crippen LogP contribution in [0.3, 0.4) is 0 Å². The number of anilines is 1. The highest BCUT2D eigenvalue weighted by molar-refractivity contribution is 7.93. The maximum absolute atomic E-state index is 13.1. The Balaban J connectivity index is 2.15.